The first-order valence-corrected chi connectivity index (χ1v) is 11.0. The zero-order valence-corrected chi connectivity index (χ0v) is 19.9. The third-order valence-electron chi connectivity index (χ3n) is 4.77. The Balaban J connectivity index is 1.70. The Bertz CT molecular complexity index is 1180. The lowest BCUT2D eigenvalue weighted by atomic mass is 9.96. The van der Waals surface area contributed by atoms with Crippen molar-refractivity contribution in [1.29, 1.82) is 0 Å². The molecule has 0 aliphatic heterocycles. The van der Waals surface area contributed by atoms with Crippen LogP contribution >= 0.6 is 34.8 Å². The van der Waals surface area contributed by atoms with E-state index in [1.165, 1.54) is 36.5 Å². The molecule has 1 N–H and O–H groups in total. The molecule has 0 fully saturated rings. The first-order valence-electron chi connectivity index (χ1n) is 9.87. The number of nitrogens with zero attached hydrogens (tertiary/aromatic N) is 1. The van der Waals surface area contributed by atoms with Crippen molar-refractivity contribution in [2.45, 2.75) is 25.6 Å². The molecule has 3 rings (SSSR count). The number of nitrogens with one attached hydrogen (secondary N) is 1. The minimum atomic E-state index is -4.55. The number of hydrogen-bond donors (Lipinski definition) is 1. The van der Waals surface area contributed by atoms with Crippen LogP contribution < -0.4 is 5.48 Å². The molecule has 0 radical (unpaired) electrons. The van der Waals surface area contributed by atoms with Gasteiger partial charge in [-0.25, -0.2) is 10.5 Å². The van der Waals surface area contributed by atoms with E-state index in [2.05, 4.69) is 10.5 Å². The lowest BCUT2D eigenvalue weighted by molar-refractivity contribution is -0.139. The fraction of sp³-hybridized carbons (Fsp3) is 0.167. The predicted octanol–water partition coefficient (Wildman–Crippen LogP) is 7.57. The van der Waals surface area contributed by atoms with Crippen LogP contribution in [0, 0.1) is 6.92 Å². The van der Waals surface area contributed by atoms with E-state index in [0.717, 1.165) is 6.08 Å². The van der Waals surface area contributed by atoms with E-state index in [-0.39, 0.29) is 22.2 Å². The quantitative estimate of drug-likeness (QED) is 0.254. The Morgan fingerprint density at radius 2 is 1.79 bits per heavy atom. The second kappa shape index (κ2) is 11.2. The number of rotatable bonds is 7. The topological polar surface area (TPSA) is 51.2 Å². The molecule has 178 valence electrons. The van der Waals surface area contributed by atoms with E-state index in [1.807, 2.05) is 0 Å². The molecular formula is C24H18Cl3F3N2O2. The van der Waals surface area contributed by atoms with Crippen LogP contribution in [0.1, 0.15) is 38.5 Å². The van der Waals surface area contributed by atoms with Gasteiger partial charge in [-0.2, -0.15) is 13.2 Å². The minimum Gasteiger partial charge on any atom is -0.269 e. The van der Waals surface area contributed by atoms with Gasteiger partial charge in [0.25, 0.3) is 5.91 Å². The van der Waals surface area contributed by atoms with Crippen LogP contribution in [-0.2, 0) is 11.4 Å². The molecule has 1 heterocycles. The summed E-state index contributed by atoms with van der Waals surface area (Å²) in [5.74, 6) is -2.39. The average Bonchev–Trinajstić information content (AvgIpc) is 2.73. The molecular weight excluding hydrogens is 512 g/mol. The second-order valence-electron chi connectivity index (χ2n) is 7.36. The summed E-state index contributed by atoms with van der Waals surface area (Å²) in [7, 11) is 0. The lowest BCUT2D eigenvalue weighted by Gasteiger charge is -2.18. The second-order valence-corrected chi connectivity index (χ2v) is 8.62. The number of amides is 1. The van der Waals surface area contributed by atoms with Gasteiger partial charge in [0.05, 0.1) is 5.92 Å². The highest BCUT2D eigenvalue weighted by Crippen LogP contribution is 2.38. The predicted molar refractivity (Wildman–Crippen MR) is 127 cm³/mol. The summed E-state index contributed by atoms with van der Waals surface area (Å²) in [6.07, 6.45) is -0.659. The van der Waals surface area contributed by atoms with E-state index in [4.69, 9.17) is 39.6 Å². The highest BCUT2D eigenvalue weighted by atomic mass is 35.5. The largest absolute Gasteiger partial charge is 0.399 e. The van der Waals surface area contributed by atoms with Crippen LogP contribution in [0.25, 0.3) is 6.08 Å². The molecule has 0 saturated carbocycles. The van der Waals surface area contributed by atoms with Crippen LogP contribution in [0.3, 0.4) is 0 Å². The number of hydrogen-bond acceptors (Lipinski definition) is 3. The molecule has 0 saturated heterocycles. The fourth-order valence-electron chi connectivity index (χ4n) is 3.15. The van der Waals surface area contributed by atoms with Gasteiger partial charge in [-0.05, 0) is 59.5 Å². The Hall–Kier alpha value is -2.58. The van der Waals surface area contributed by atoms with E-state index in [1.54, 1.807) is 31.2 Å². The summed E-state index contributed by atoms with van der Waals surface area (Å²) in [4.78, 5) is 21.5. The highest BCUT2D eigenvalue weighted by Gasteiger charge is 2.39. The number of alkyl halides is 3. The van der Waals surface area contributed by atoms with Crippen molar-refractivity contribution in [1.82, 2.24) is 10.5 Å². The van der Waals surface area contributed by atoms with Gasteiger partial charge >= 0.3 is 6.18 Å². The number of aromatic nitrogens is 1. The summed E-state index contributed by atoms with van der Waals surface area (Å²) in [5.41, 5.74) is 4.35. The highest BCUT2D eigenvalue weighted by molar-refractivity contribution is 6.34. The fourth-order valence-corrected chi connectivity index (χ4v) is 3.80. The molecule has 4 nitrogen and oxygen atoms in total. The molecule has 3 aromatic rings. The van der Waals surface area contributed by atoms with Gasteiger partial charge in [-0.15, -0.1) is 0 Å². The third-order valence-corrected chi connectivity index (χ3v) is 5.43. The van der Waals surface area contributed by atoms with Crippen molar-refractivity contribution < 1.29 is 22.8 Å². The number of pyridine rings is 1. The molecule has 1 unspecified atom stereocenters. The van der Waals surface area contributed by atoms with Crippen LogP contribution in [0.15, 0.2) is 60.8 Å². The number of allylic oxidation sites excluding steroid dienone is 1. The molecule has 1 aromatic heterocycles. The maximum absolute atomic E-state index is 13.7. The number of carbonyl (C=O) groups is 1. The average molecular weight is 530 g/mol. The van der Waals surface area contributed by atoms with Crippen LogP contribution in [0.5, 0.6) is 0 Å². The van der Waals surface area contributed by atoms with Crippen molar-refractivity contribution in [2.75, 3.05) is 0 Å². The smallest absolute Gasteiger partial charge is 0.269 e. The van der Waals surface area contributed by atoms with Gasteiger partial charge in [-0.3, -0.25) is 9.63 Å². The van der Waals surface area contributed by atoms with Gasteiger partial charge in [0.1, 0.15) is 11.8 Å². The maximum Gasteiger partial charge on any atom is 0.399 e. The van der Waals surface area contributed by atoms with E-state index in [0.29, 0.717) is 27.4 Å². The summed E-state index contributed by atoms with van der Waals surface area (Å²) in [6.45, 7) is 1.76. The molecule has 10 heteroatoms. The van der Waals surface area contributed by atoms with Gasteiger partial charge in [-0.1, -0.05) is 65.2 Å². The lowest BCUT2D eigenvalue weighted by Crippen LogP contribution is -2.24. The number of halogens is 6. The monoisotopic (exact) mass is 528 g/mol. The number of hydroxylamine groups is 1. The molecule has 0 aliphatic carbocycles. The van der Waals surface area contributed by atoms with Crippen LogP contribution in [-0.4, -0.2) is 17.1 Å². The van der Waals surface area contributed by atoms with Crippen LogP contribution in [0.2, 0.25) is 15.2 Å². The molecule has 0 spiro atoms. The molecule has 1 amide bonds. The zero-order chi connectivity index (χ0) is 24.9. The first-order chi connectivity index (χ1) is 16.0. The first kappa shape index (κ1) is 26.0. The molecule has 34 heavy (non-hydrogen) atoms. The van der Waals surface area contributed by atoms with Crippen molar-refractivity contribution in [2.24, 2.45) is 0 Å². The maximum atomic E-state index is 13.7. The standard InChI is InChI=1S/C24H18Cl3F3N2O2/c1-14-8-15(3-6-21(24(28,29)30)17-9-18(25)11-19(26)10-17)2-5-20(14)23(33)32-34-13-16-4-7-22(27)31-12-16/h2-12,21H,13H2,1H3,(H,32,33)/b6-3+. The SMILES string of the molecule is Cc1cc(/C=C/C(c2cc(Cl)cc(Cl)c2)C(F)(F)F)ccc1C(=O)NOCc1ccc(Cl)nc1. The van der Waals surface area contributed by atoms with Gasteiger partial charge in [0.2, 0.25) is 0 Å². The van der Waals surface area contributed by atoms with Crippen LogP contribution in [0.4, 0.5) is 13.2 Å². The Morgan fingerprint density at radius 1 is 1.09 bits per heavy atom. The van der Waals surface area contributed by atoms with Crippen molar-refractivity contribution in [3.8, 4) is 0 Å². The minimum absolute atomic E-state index is 0.0676. The zero-order valence-electron chi connectivity index (χ0n) is 17.7. The molecule has 2 aromatic carbocycles. The van der Waals surface area contributed by atoms with Crippen molar-refractivity contribution in [3.05, 3.63) is 104 Å². The summed E-state index contributed by atoms with van der Waals surface area (Å²) in [5, 5.41) is 0.576. The van der Waals surface area contributed by atoms with Crippen molar-refractivity contribution >= 4 is 46.8 Å². The van der Waals surface area contributed by atoms with E-state index >= 15 is 0 Å². The van der Waals surface area contributed by atoms with Crippen molar-refractivity contribution in [3.63, 3.8) is 0 Å². The Morgan fingerprint density at radius 3 is 2.38 bits per heavy atom. The summed E-state index contributed by atoms with van der Waals surface area (Å²) < 4.78 is 41.0. The molecule has 0 bridgehead atoms. The van der Waals surface area contributed by atoms with Gasteiger partial charge < -0.3 is 0 Å². The molecule has 0 aliphatic rings. The van der Waals surface area contributed by atoms with E-state index < -0.39 is 18.0 Å². The number of carbonyl (C=O) groups excluding carboxylic acids is 1. The third kappa shape index (κ3) is 7.21. The van der Waals surface area contributed by atoms with Gasteiger partial charge in [0.15, 0.2) is 0 Å². The Kier molecular flexibility index (Phi) is 8.60. The summed E-state index contributed by atoms with van der Waals surface area (Å²) in [6, 6.07) is 11.8. The Labute approximate surface area is 209 Å². The molecule has 1 atom stereocenters. The van der Waals surface area contributed by atoms with E-state index in [9.17, 15) is 18.0 Å². The number of aryl methyl sites for hydroxylation is 1. The number of benzene rings is 2. The summed E-state index contributed by atoms with van der Waals surface area (Å²) >= 11 is 17.5. The normalized spacial score (nSPS) is 12.7. The van der Waals surface area contributed by atoms with Gasteiger partial charge in [0, 0.05) is 21.8 Å².